The van der Waals surface area contributed by atoms with Crippen molar-refractivity contribution in [3.63, 3.8) is 0 Å². The predicted octanol–water partition coefficient (Wildman–Crippen LogP) is 5.73. The lowest BCUT2D eigenvalue weighted by molar-refractivity contribution is 0.0241. The predicted molar refractivity (Wildman–Crippen MR) is 128 cm³/mol. The Morgan fingerprint density at radius 1 is 1.09 bits per heavy atom. The van der Waals surface area contributed by atoms with E-state index in [-0.39, 0.29) is 28.2 Å². The van der Waals surface area contributed by atoms with Gasteiger partial charge in [-0.25, -0.2) is 14.6 Å². The van der Waals surface area contributed by atoms with Gasteiger partial charge in [0.1, 0.15) is 22.7 Å². The van der Waals surface area contributed by atoms with Gasteiger partial charge in [0.05, 0.1) is 11.2 Å². The van der Waals surface area contributed by atoms with E-state index >= 15 is 0 Å². The maximum absolute atomic E-state index is 12.5. The number of ether oxygens (including phenoxy) is 2. The highest BCUT2D eigenvalue weighted by Crippen LogP contribution is 2.38. The quantitative estimate of drug-likeness (QED) is 0.489. The smallest absolute Gasteiger partial charge is 0.410 e. The summed E-state index contributed by atoms with van der Waals surface area (Å²) in [5.74, 6) is -0.515. The number of aromatic carboxylic acids is 1. The van der Waals surface area contributed by atoms with Crippen molar-refractivity contribution in [2.45, 2.75) is 39.5 Å². The highest BCUT2D eigenvalue weighted by molar-refractivity contribution is 6.33. The zero-order valence-electron chi connectivity index (χ0n) is 19.0. The number of carboxylic acid groups (broad SMARTS) is 1. The van der Waals surface area contributed by atoms with Crippen molar-refractivity contribution in [3.05, 3.63) is 70.4 Å². The minimum Gasteiger partial charge on any atom is -0.478 e. The molecule has 2 heterocycles. The van der Waals surface area contributed by atoms with Crippen molar-refractivity contribution in [1.82, 2.24) is 9.88 Å². The van der Waals surface area contributed by atoms with Gasteiger partial charge in [-0.2, -0.15) is 0 Å². The molecule has 0 aliphatic carbocycles. The lowest BCUT2D eigenvalue weighted by atomic mass is 10.0. The van der Waals surface area contributed by atoms with Gasteiger partial charge >= 0.3 is 12.1 Å². The molecule has 0 radical (unpaired) electrons. The number of hydrogen-bond acceptors (Lipinski definition) is 6. The number of nitrogens with two attached hydrogens (primary N) is 1. The fraction of sp³-hybridized carbons (Fsp3) is 0.240. The summed E-state index contributed by atoms with van der Waals surface area (Å²) in [7, 11) is 0. The minimum atomic E-state index is -1.20. The summed E-state index contributed by atoms with van der Waals surface area (Å²) in [6.07, 6.45) is 1.07. The van der Waals surface area contributed by atoms with E-state index in [4.69, 9.17) is 26.8 Å². The summed E-state index contributed by atoms with van der Waals surface area (Å²) in [4.78, 5) is 29.9. The number of hydrogen-bond donors (Lipinski definition) is 2. The van der Waals surface area contributed by atoms with Gasteiger partial charge in [0, 0.05) is 18.7 Å². The van der Waals surface area contributed by atoms with E-state index in [1.165, 1.54) is 18.3 Å². The summed E-state index contributed by atoms with van der Waals surface area (Å²) < 4.78 is 11.5. The van der Waals surface area contributed by atoms with Crippen LogP contribution in [0.25, 0.3) is 11.1 Å². The summed E-state index contributed by atoms with van der Waals surface area (Å²) in [5.41, 5.74) is 8.62. The normalized spacial score (nSPS) is 12.9. The number of carbonyl (C=O) groups excluding carboxylic acids is 1. The second-order valence-electron chi connectivity index (χ2n) is 8.95. The van der Waals surface area contributed by atoms with Crippen molar-refractivity contribution < 1.29 is 24.2 Å². The Morgan fingerprint density at radius 2 is 1.82 bits per heavy atom. The topological polar surface area (TPSA) is 115 Å². The molecule has 0 fully saturated rings. The van der Waals surface area contributed by atoms with Crippen LogP contribution in [0.5, 0.6) is 11.5 Å². The zero-order chi connectivity index (χ0) is 24.6. The molecular weight excluding hydrogens is 458 g/mol. The van der Waals surface area contributed by atoms with E-state index in [9.17, 15) is 14.7 Å². The molecule has 34 heavy (non-hydrogen) atoms. The third-order valence-electron chi connectivity index (χ3n) is 5.19. The van der Waals surface area contributed by atoms with E-state index in [1.54, 1.807) is 17.0 Å². The second kappa shape index (κ2) is 8.87. The van der Waals surface area contributed by atoms with Crippen molar-refractivity contribution in [2.75, 3.05) is 5.73 Å². The third kappa shape index (κ3) is 4.92. The molecule has 1 aliphatic rings. The molecule has 0 unspecified atom stereocenters. The number of fused-ring (bicyclic) bond motifs is 1. The molecule has 2 aromatic carbocycles. The molecule has 1 aromatic heterocycles. The molecule has 0 saturated heterocycles. The first-order valence-electron chi connectivity index (χ1n) is 10.6. The Labute approximate surface area is 201 Å². The average molecular weight is 482 g/mol. The van der Waals surface area contributed by atoms with Gasteiger partial charge in [-0.1, -0.05) is 29.8 Å². The largest absolute Gasteiger partial charge is 0.478 e. The van der Waals surface area contributed by atoms with Crippen LogP contribution in [-0.4, -0.2) is 32.7 Å². The molecule has 4 rings (SSSR count). The number of nitrogens with zero attached hydrogens (tertiary/aromatic N) is 2. The fourth-order valence-corrected chi connectivity index (χ4v) is 3.95. The molecule has 0 spiro atoms. The van der Waals surface area contributed by atoms with Crippen LogP contribution in [-0.2, 0) is 17.8 Å². The molecule has 0 bridgehead atoms. The molecular formula is C25H24ClN3O5. The Morgan fingerprint density at radius 3 is 2.53 bits per heavy atom. The molecule has 9 heteroatoms. The lowest BCUT2D eigenvalue weighted by Crippen LogP contribution is -2.33. The van der Waals surface area contributed by atoms with Crippen LogP contribution in [0.2, 0.25) is 5.02 Å². The number of rotatable bonds is 4. The lowest BCUT2D eigenvalue weighted by Gasteiger charge is -2.24. The van der Waals surface area contributed by atoms with Gasteiger partial charge in [-0.05, 0) is 61.7 Å². The number of aromatic nitrogens is 1. The monoisotopic (exact) mass is 481 g/mol. The molecule has 176 valence electrons. The number of nitrogen functional groups attached to an aromatic ring is 1. The maximum atomic E-state index is 12.5. The molecule has 1 amide bonds. The maximum Gasteiger partial charge on any atom is 0.410 e. The highest BCUT2D eigenvalue weighted by atomic mass is 35.5. The van der Waals surface area contributed by atoms with Crippen LogP contribution in [0.4, 0.5) is 10.6 Å². The van der Waals surface area contributed by atoms with Crippen molar-refractivity contribution in [1.29, 1.82) is 0 Å². The number of carbonyl (C=O) groups is 2. The van der Waals surface area contributed by atoms with Crippen molar-refractivity contribution in [3.8, 4) is 22.6 Å². The second-order valence-corrected chi connectivity index (χ2v) is 9.35. The molecule has 3 aromatic rings. The average Bonchev–Trinajstić information content (AvgIpc) is 3.17. The summed E-state index contributed by atoms with van der Waals surface area (Å²) >= 11 is 6.08. The van der Waals surface area contributed by atoms with E-state index in [0.717, 1.165) is 16.7 Å². The zero-order valence-corrected chi connectivity index (χ0v) is 19.7. The summed E-state index contributed by atoms with van der Waals surface area (Å²) in [6.45, 7) is 6.36. The van der Waals surface area contributed by atoms with Gasteiger partial charge in [0.15, 0.2) is 5.75 Å². The first-order chi connectivity index (χ1) is 16.0. The molecule has 1 aliphatic heterocycles. The number of pyridine rings is 1. The summed E-state index contributed by atoms with van der Waals surface area (Å²) in [6, 6.07) is 12.1. The third-order valence-corrected chi connectivity index (χ3v) is 5.50. The first kappa shape index (κ1) is 23.4. The Balaban J connectivity index is 1.66. The molecule has 0 atom stereocenters. The highest BCUT2D eigenvalue weighted by Gasteiger charge is 2.28. The van der Waals surface area contributed by atoms with Crippen LogP contribution >= 0.6 is 11.6 Å². The van der Waals surface area contributed by atoms with Gasteiger partial charge in [0.2, 0.25) is 0 Å². The molecule has 8 nitrogen and oxygen atoms in total. The molecule has 3 N–H and O–H groups in total. The van der Waals surface area contributed by atoms with Gasteiger partial charge in [0.25, 0.3) is 0 Å². The van der Waals surface area contributed by atoms with Gasteiger partial charge < -0.3 is 20.3 Å². The van der Waals surface area contributed by atoms with Crippen LogP contribution in [0, 0.1) is 0 Å². The number of benzene rings is 2. The number of halogens is 1. The van der Waals surface area contributed by atoms with Gasteiger partial charge in [-0.15, -0.1) is 0 Å². The number of carboxylic acids is 1. The van der Waals surface area contributed by atoms with E-state index in [0.29, 0.717) is 24.4 Å². The van der Waals surface area contributed by atoms with Gasteiger partial charge in [-0.3, -0.25) is 4.90 Å². The summed E-state index contributed by atoms with van der Waals surface area (Å²) in [5, 5.41) is 9.62. The minimum absolute atomic E-state index is 0.0646. The standard InChI is InChI=1S/C25H24ClN3O5/c1-25(2,3)34-24(32)29-12-15-8-7-14(9-16(15)13-29)17-10-21(27)28-11-20(17)33-19-6-4-5-18(26)22(19)23(30)31/h4-11H,12-13H2,1-3H3,(H2,27,28)(H,30,31). The molecule has 0 saturated carbocycles. The van der Waals surface area contributed by atoms with Crippen LogP contribution in [0.1, 0.15) is 42.3 Å². The van der Waals surface area contributed by atoms with Crippen LogP contribution in [0.3, 0.4) is 0 Å². The van der Waals surface area contributed by atoms with E-state index < -0.39 is 11.6 Å². The Hall–Kier alpha value is -3.78. The SMILES string of the molecule is CC(C)(C)OC(=O)N1Cc2ccc(-c3cc(N)ncc3Oc3cccc(Cl)c3C(=O)O)cc2C1. The van der Waals surface area contributed by atoms with Crippen LogP contribution in [0.15, 0.2) is 48.7 Å². The number of amides is 1. The van der Waals surface area contributed by atoms with Crippen molar-refractivity contribution in [2.24, 2.45) is 0 Å². The van der Waals surface area contributed by atoms with Crippen LogP contribution < -0.4 is 10.5 Å². The number of anilines is 1. The Kier molecular flexibility index (Phi) is 6.10. The fourth-order valence-electron chi connectivity index (χ4n) is 3.70. The Bertz CT molecular complexity index is 1290. The van der Waals surface area contributed by atoms with E-state index in [1.807, 2.05) is 39.0 Å². The van der Waals surface area contributed by atoms with Crippen molar-refractivity contribution >= 4 is 29.5 Å². The van der Waals surface area contributed by atoms with E-state index in [2.05, 4.69) is 4.98 Å². The first-order valence-corrected chi connectivity index (χ1v) is 10.9.